The summed E-state index contributed by atoms with van der Waals surface area (Å²) in [5, 5.41) is 6.41. The molecule has 5 heteroatoms. The lowest BCUT2D eigenvalue weighted by Gasteiger charge is -2.27. The number of nitrogens with zero attached hydrogens (tertiary/aromatic N) is 2. The van der Waals surface area contributed by atoms with E-state index < -0.39 is 0 Å². The van der Waals surface area contributed by atoms with Gasteiger partial charge in [0.05, 0.1) is 6.54 Å². The summed E-state index contributed by atoms with van der Waals surface area (Å²) < 4.78 is 0. The first kappa shape index (κ1) is 13.8. The van der Waals surface area contributed by atoms with Gasteiger partial charge in [-0.1, -0.05) is 0 Å². The molecule has 0 aromatic heterocycles. The normalized spacial score (nSPS) is 24.1. The minimum Gasteiger partial charge on any atom is -0.351 e. The molecular formula is C13H26N4O. The van der Waals surface area contributed by atoms with Crippen molar-refractivity contribution >= 4 is 5.91 Å². The van der Waals surface area contributed by atoms with E-state index in [0.29, 0.717) is 6.54 Å². The quantitative estimate of drug-likeness (QED) is 0.694. The van der Waals surface area contributed by atoms with Gasteiger partial charge in [-0.2, -0.15) is 0 Å². The van der Waals surface area contributed by atoms with Crippen LogP contribution in [0.15, 0.2) is 0 Å². The molecule has 0 radical (unpaired) electrons. The minimum atomic E-state index is 0.170. The van der Waals surface area contributed by atoms with E-state index in [4.69, 9.17) is 0 Å². The van der Waals surface area contributed by atoms with Gasteiger partial charge in [-0.05, 0) is 32.9 Å². The molecular weight excluding hydrogens is 228 g/mol. The van der Waals surface area contributed by atoms with Gasteiger partial charge in [-0.25, -0.2) is 0 Å². The van der Waals surface area contributed by atoms with Gasteiger partial charge in [0.1, 0.15) is 0 Å². The molecule has 2 aliphatic heterocycles. The third-order valence-electron chi connectivity index (χ3n) is 3.71. The van der Waals surface area contributed by atoms with Crippen LogP contribution < -0.4 is 10.6 Å². The standard InChI is InChI=1S/C13H26N4O/c1-12(10-16-6-2-3-7-16)15-13(18)11-17-8-4-14-5-9-17/h12,14H,2-11H2,1H3,(H,15,18). The van der Waals surface area contributed by atoms with Gasteiger partial charge in [0.2, 0.25) is 5.91 Å². The molecule has 2 fully saturated rings. The number of piperazine rings is 1. The second-order valence-electron chi connectivity index (χ2n) is 5.50. The van der Waals surface area contributed by atoms with Gasteiger partial charge in [0, 0.05) is 38.8 Å². The summed E-state index contributed by atoms with van der Waals surface area (Å²) in [6, 6.07) is 0.263. The lowest BCUT2D eigenvalue weighted by Crippen LogP contribution is -2.50. The zero-order chi connectivity index (χ0) is 12.8. The average molecular weight is 254 g/mol. The Bertz CT molecular complexity index is 260. The highest BCUT2D eigenvalue weighted by molar-refractivity contribution is 5.78. The third-order valence-corrected chi connectivity index (χ3v) is 3.71. The number of nitrogens with one attached hydrogen (secondary N) is 2. The molecule has 5 nitrogen and oxygen atoms in total. The molecule has 1 unspecified atom stereocenters. The summed E-state index contributed by atoms with van der Waals surface area (Å²) in [7, 11) is 0. The predicted molar refractivity (Wildman–Crippen MR) is 72.6 cm³/mol. The Hall–Kier alpha value is -0.650. The molecule has 0 spiro atoms. The van der Waals surface area contributed by atoms with E-state index in [1.165, 1.54) is 25.9 Å². The van der Waals surface area contributed by atoms with Gasteiger partial charge in [0.15, 0.2) is 0 Å². The zero-order valence-corrected chi connectivity index (χ0v) is 11.5. The summed E-state index contributed by atoms with van der Waals surface area (Å²) in [6.45, 7) is 9.98. The molecule has 1 atom stereocenters. The molecule has 0 bridgehead atoms. The molecule has 0 saturated carbocycles. The summed E-state index contributed by atoms with van der Waals surface area (Å²) in [4.78, 5) is 16.6. The van der Waals surface area contributed by atoms with Crippen molar-refractivity contribution in [2.45, 2.75) is 25.8 Å². The van der Waals surface area contributed by atoms with Crippen molar-refractivity contribution in [1.29, 1.82) is 0 Å². The summed E-state index contributed by atoms with van der Waals surface area (Å²) >= 11 is 0. The van der Waals surface area contributed by atoms with Crippen molar-refractivity contribution in [3.8, 4) is 0 Å². The van der Waals surface area contributed by atoms with Crippen molar-refractivity contribution in [2.75, 3.05) is 52.4 Å². The molecule has 104 valence electrons. The number of hydrogen-bond acceptors (Lipinski definition) is 4. The molecule has 18 heavy (non-hydrogen) atoms. The maximum Gasteiger partial charge on any atom is 0.234 e. The number of hydrogen-bond donors (Lipinski definition) is 2. The monoisotopic (exact) mass is 254 g/mol. The summed E-state index contributed by atoms with van der Waals surface area (Å²) in [5.41, 5.74) is 0. The Kier molecular flexibility index (Phi) is 5.41. The van der Waals surface area contributed by atoms with Crippen LogP contribution in [0.5, 0.6) is 0 Å². The van der Waals surface area contributed by atoms with E-state index in [9.17, 15) is 4.79 Å². The molecule has 2 aliphatic rings. The molecule has 0 aliphatic carbocycles. The number of likely N-dealkylation sites (tertiary alicyclic amines) is 1. The van der Waals surface area contributed by atoms with Crippen LogP contribution in [0.4, 0.5) is 0 Å². The first-order valence-corrected chi connectivity index (χ1v) is 7.19. The van der Waals surface area contributed by atoms with Crippen molar-refractivity contribution in [1.82, 2.24) is 20.4 Å². The van der Waals surface area contributed by atoms with Crippen molar-refractivity contribution < 1.29 is 4.79 Å². The van der Waals surface area contributed by atoms with Crippen LogP contribution in [0.25, 0.3) is 0 Å². The molecule has 2 heterocycles. The van der Waals surface area contributed by atoms with E-state index in [2.05, 4.69) is 27.4 Å². The maximum atomic E-state index is 11.9. The van der Waals surface area contributed by atoms with Gasteiger partial charge < -0.3 is 15.5 Å². The van der Waals surface area contributed by atoms with Crippen LogP contribution in [-0.2, 0) is 4.79 Å². The highest BCUT2D eigenvalue weighted by Crippen LogP contribution is 2.07. The largest absolute Gasteiger partial charge is 0.351 e. The fraction of sp³-hybridized carbons (Fsp3) is 0.923. The number of amides is 1. The molecule has 2 saturated heterocycles. The molecule has 2 N–H and O–H groups in total. The lowest BCUT2D eigenvalue weighted by atomic mass is 10.3. The fourth-order valence-electron chi connectivity index (χ4n) is 2.79. The smallest absolute Gasteiger partial charge is 0.234 e. The van der Waals surface area contributed by atoms with Crippen LogP contribution in [0, 0.1) is 0 Å². The fourth-order valence-corrected chi connectivity index (χ4v) is 2.79. The van der Waals surface area contributed by atoms with Crippen LogP contribution in [-0.4, -0.2) is 74.1 Å². The van der Waals surface area contributed by atoms with Crippen molar-refractivity contribution in [2.24, 2.45) is 0 Å². The molecule has 0 aromatic carbocycles. The molecule has 1 amide bonds. The highest BCUT2D eigenvalue weighted by atomic mass is 16.2. The van der Waals surface area contributed by atoms with E-state index in [0.717, 1.165) is 32.7 Å². The van der Waals surface area contributed by atoms with Crippen molar-refractivity contribution in [3.63, 3.8) is 0 Å². The summed E-state index contributed by atoms with van der Waals surface area (Å²) in [5.74, 6) is 0.170. The number of carbonyl (C=O) groups is 1. The van der Waals surface area contributed by atoms with Gasteiger partial charge in [0.25, 0.3) is 0 Å². The maximum absolute atomic E-state index is 11.9. The van der Waals surface area contributed by atoms with Crippen LogP contribution in [0.1, 0.15) is 19.8 Å². The second-order valence-corrected chi connectivity index (χ2v) is 5.50. The van der Waals surface area contributed by atoms with Gasteiger partial charge in [-0.15, -0.1) is 0 Å². The van der Waals surface area contributed by atoms with Gasteiger partial charge in [-0.3, -0.25) is 9.69 Å². The van der Waals surface area contributed by atoms with E-state index >= 15 is 0 Å². The average Bonchev–Trinajstić information content (AvgIpc) is 2.82. The second kappa shape index (κ2) is 7.07. The van der Waals surface area contributed by atoms with Gasteiger partial charge >= 0.3 is 0 Å². The van der Waals surface area contributed by atoms with Crippen molar-refractivity contribution in [3.05, 3.63) is 0 Å². The van der Waals surface area contributed by atoms with E-state index in [1.807, 2.05) is 0 Å². The van der Waals surface area contributed by atoms with Crippen LogP contribution >= 0.6 is 0 Å². The third kappa shape index (κ3) is 4.55. The topological polar surface area (TPSA) is 47.6 Å². The number of carbonyl (C=O) groups excluding carboxylic acids is 1. The Morgan fingerprint density at radius 1 is 1.17 bits per heavy atom. The minimum absolute atomic E-state index is 0.170. The summed E-state index contributed by atoms with van der Waals surface area (Å²) in [6.07, 6.45) is 2.61. The SMILES string of the molecule is CC(CN1CCCC1)NC(=O)CN1CCNCC1. The lowest BCUT2D eigenvalue weighted by molar-refractivity contribution is -0.123. The Morgan fingerprint density at radius 2 is 1.83 bits per heavy atom. The predicted octanol–water partition coefficient (Wildman–Crippen LogP) is -0.508. The van der Waals surface area contributed by atoms with E-state index in [1.54, 1.807) is 0 Å². The number of rotatable bonds is 5. The van der Waals surface area contributed by atoms with Crippen LogP contribution in [0.3, 0.4) is 0 Å². The Morgan fingerprint density at radius 3 is 2.50 bits per heavy atom. The van der Waals surface area contributed by atoms with E-state index in [-0.39, 0.29) is 11.9 Å². The molecule has 2 rings (SSSR count). The Balaban J connectivity index is 1.62. The first-order chi connectivity index (χ1) is 8.74. The molecule has 0 aromatic rings. The Labute approximate surface area is 110 Å². The zero-order valence-electron chi connectivity index (χ0n) is 11.5. The highest BCUT2D eigenvalue weighted by Gasteiger charge is 2.18. The first-order valence-electron chi connectivity index (χ1n) is 7.19. The van der Waals surface area contributed by atoms with Crippen LogP contribution in [0.2, 0.25) is 0 Å².